The van der Waals surface area contributed by atoms with E-state index in [1.807, 2.05) is 35.2 Å². The Balaban J connectivity index is 1.45. The SMILES string of the molecule is O=C(OCc1ccccc1)N1CCC(N2CCCNC2=O)CC1. The van der Waals surface area contributed by atoms with Gasteiger partial charge in [-0.25, -0.2) is 9.59 Å². The Bertz CT molecular complexity index is 541. The van der Waals surface area contributed by atoms with Gasteiger partial charge in [-0.1, -0.05) is 30.3 Å². The van der Waals surface area contributed by atoms with Crippen molar-refractivity contribution in [3.8, 4) is 0 Å². The van der Waals surface area contributed by atoms with E-state index in [1.165, 1.54) is 0 Å². The van der Waals surface area contributed by atoms with Crippen LogP contribution in [0.5, 0.6) is 0 Å². The largest absolute Gasteiger partial charge is 0.445 e. The number of hydrogen-bond donors (Lipinski definition) is 1. The standard InChI is InChI=1S/C17H23N3O3/c21-16-18-9-4-10-20(16)15-7-11-19(12-8-15)17(22)23-13-14-5-2-1-3-6-14/h1-3,5-6,15H,4,7-13H2,(H,18,21). The Morgan fingerprint density at radius 3 is 2.61 bits per heavy atom. The lowest BCUT2D eigenvalue weighted by atomic mass is 10.0. The molecule has 0 radical (unpaired) electrons. The molecule has 3 amide bonds. The fraction of sp³-hybridized carbons (Fsp3) is 0.529. The van der Waals surface area contributed by atoms with E-state index < -0.39 is 0 Å². The number of nitrogens with one attached hydrogen (secondary N) is 1. The van der Waals surface area contributed by atoms with E-state index in [0.717, 1.165) is 37.9 Å². The van der Waals surface area contributed by atoms with Crippen molar-refractivity contribution < 1.29 is 14.3 Å². The Hall–Kier alpha value is -2.24. The molecule has 23 heavy (non-hydrogen) atoms. The molecule has 1 aromatic rings. The lowest BCUT2D eigenvalue weighted by molar-refractivity contribution is 0.0718. The number of piperidine rings is 1. The van der Waals surface area contributed by atoms with Gasteiger partial charge >= 0.3 is 12.1 Å². The number of carbonyl (C=O) groups is 2. The quantitative estimate of drug-likeness (QED) is 0.929. The predicted octanol–water partition coefficient (Wildman–Crippen LogP) is 2.20. The number of urea groups is 1. The van der Waals surface area contributed by atoms with Crippen molar-refractivity contribution in [1.29, 1.82) is 0 Å². The van der Waals surface area contributed by atoms with Crippen LogP contribution in [-0.4, -0.2) is 54.1 Å². The number of carbonyl (C=O) groups excluding carboxylic acids is 2. The van der Waals surface area contributed by atoms with E-state index in [4.69, 9.17) is 4.74 Å². The maximum atomic E-state index is 12.1. The van der Waals surface area contributed by atoms with Gasteiger partial charge in [-0.3, -0.25) is 0 Å². The molecule has 2 saturated heterocycles. The number of benzene rings is 1. The molecule has 6 heteroatoms. The van der Waals surface area contributed by atoms with E-state index in [2.05, 4.69) is 5.32 Å². The second-order valence-electron chi connectivity index (χ2n) is 6.04. The molecule has 6 nitrogen and oxygen atoms in total. The Morgan fingerprint density at radius 1 is 1.17 bits per heavy atom. The van der Waals surface area contributed by atoms with Crippen LogP contribution in [0.25, 0.3) is 0 Å². The molecule has 0 unspecified atom stereocenters. The fourth-order valence-corrected chi connectivity index (χ4v) is 3.17. The zero-order valence-electron chi connectivity index (χ0n) is 13.2. The van der Waals surface area contributed by atoms with Gasteiger partial charge in [-0.05, 0) is 24.8 Å². The van der Waals surface area contributed by atoms with Crippen molar-refractivity contribution >= 4 is 12.1 Å². The van der Waals surface area contributed by atoms with Crippen molar-refractivity contribution in [1.82, 2.24) is 15.1 Å². The van der Waals surface area contributed by atoms with Gasteiger partial charge in [0.1, 0.15) is 6.61 Å². The van der Waals surface area contributed by atoms with Crippen LogP contribution >= 0.6 is 0 Å². The Morgan fingerprint density at radius 2 is 1.91 bits per heavy atom. The molecule has 2 heterocycles. The Kier molecular flexibility index (Phi) is 5.00. The highest BCUT2D eigenvalue weighted by molar-refractivity contribution is 5.75. The number of rotatable bonds is 3. The molecule has 0 atom stereocenters. The third kappa shape index (κ3) is 3.94. The highest BCUT2D eigenvalue weighted by Gasteiger charge is 2.31. The van der Waals surface area contributed by atoms with Crippen LogP contribution in [0.4, 0.5) is 9.59 Å². The van der Waals surface area contributed by atoms with Gasteiger partial charge in [-0.15, -0.1) is 0 Å². The van der Waals surface area contributed by atoms with Crippen LogP contribution in [-0.2, 0) is 11.3 Å². The van der Waals surface area contributed by atoms with E-state index in [1.54, 1.807) is 4.90 Å². The highest BCUT2D eigenvalue weighted by atomic mass is 16.6. The van der Waals surface area contributed by atoms with Gasteiger partial charge in [0.25, 0.3) is 0 Å². The zero-order chi connectivity index (χ0) is 16.1. The lowest BCUT2D eigenvalue weighted by Gasteiger charge is -2.39. The van der Waals surface area contributed by atoms with Crippen molar-refractivity contribution in [3.63, 3.8) is 0 Å². The van der Waals surface area contributed by atoms with Crippen LogP contribution < -0.4 is 5.32 Å². The molecule has 0 bridgehead atoms. The van der Waals surface area contributed by atoms with E-state index in [-0.39, 0.29) is 18.2 Å². The predicted molar refractivity (Wildman–Crippen MR) is 85.9 cm³/mol. The molecule has 0 aromatic heterocycles. The second kappa shape index (κ2) is 7.35. The summed E-state index contributed by atoms with van der Waals surface area (Å²) in [5, 5.41) is 2.88. The average molecular weight is 317 g/mol. The minimum atomic E-state index is -0.268. The van der Waals surface area contributed by atoms with Crippen LogP contribution in [0.2, 0.25) is 0 Å². The number of amides is 3. The molecule has 0 saturated carbocycles. The molecule has 3 rings (SSSR count). The third-order valence-electron chi connectivity index (χ3n) is 4.48. The number of ether oxygens (including phenoxy) is 1. The van der Waals surface area contributed by atoms with E-state index >= 15 is 0 Å². The highest BCUT2D eigenvalue weighted by Crippen LogP contribution is 2.19. The molecule has 124 valence electrons. The Labute approximate surface area is 136 Å². The van der Waals surface area contributed by atoms with Crippen molar-refractivity contribution in [2.45, 2.75) is 31.9 Å². The van der Waals surface area contributed by atoms with E-state index in [9.17, 15) is 9.59 Å². The summed E-state index contributed by atoms with van der Waals surface area (Å²) in [6.07, 6.45) is 2.35. The van der Waals surface area contributed by atoms with Gasteiger partial charge in [-0.2, -0.15) is 0 Å². The summed E-state index contributed by atoms with van der Waals surface area (Å²) in [5.41, 5.74) is 0.987. The summed E-state index contributed by atoms with van der Waals surface area (Å²) in [7, 11) is 0. The van der Waals surface area contributed by atoms with Crippen LogP contribution in [0.1, 0.15) is 24.8 Å². The third-order valence-corrected chi connectivity index (χ3v) is 4.48. The molecule has 1 N–H and O–H groups in total. The first kappa shape index (κ1) is 15.6. The molecule has 2 fully saturated rings. The fourth-order valence-electron chi connectivity index (χ4n) is 3.17. The van der Waals surface area contributed by atoms with Crippen LogP contribution in [0, 0.1) is 0 Å². The maximum absolute atomic E-state index is 12.1. The average Bonchev–Trinajstić information content (AvgIpc) is 2.61. The summed E-state index contributed by atoms with van der Waals surface area (Å²) in [4.78, 5) is 27.7. The molecule has 0 spiro atoms. The minimum Gasteiger partial charge on any atom is -0.445 e. The summed E-state index contributed by atoms with van der Waals surface area (Å²) in [6, 6.07) is 9.93. The van der Waals surface area contributed by atoms with Gasteiger partial charge in [0.2, 0.25) is 0 Å². The molecule has 1 aromatic carbocycles. The van der Waals surface area contributed by atoms with Crippen molar-refractivity contribution in [2.24, 2.45) is 0 Å². The normalized spacial score (nSPS) is 19.4. The number of hydrogen-bond acceptors (Lipinski definition) is 3. The second-order valence-corrected chi connectivity index (χ2v) is 6.04. The van der Waals surface area contributed by atoms with Gasteiger partial charge in [0.15, 0.2) is 0 Å². The summed E-state index contributed by atoms with van der Waals surface area (Å²) in [5.74, 6) is 0. The van der Waals surface area contributed by atoms with Gasteiger partial charge < -0.3 is 19.9 Å². The van der Waals surface area contributed by atoms with Gasteiger partial charge in [0, 0.05) is 32.2 Å². The molecular formula is C17H23N3O3. The lowest BCUT2D eigenvalue weighted by Crippen LogP contribution is -2.54. The topological polar surface area (TPSA) is 61.9 Å². The smallest absolute Gasteiger partial charge is 0.410 e. The molecule has 0 aliphatic carbocycles. The molecule has 2 aliphatic rings. The first-order valence-corrected chi connectivity index (χ1v) is 8.24. The zero-order valence-corrected chi connectivity index (χ0v) is 13.2. The molecule has 2 aliphatic heterocycles. The first-order valence-electron chi connectivity index (χ1n) is 8.24. The first-order chi connectivity index (χ1) is 11.2. The van der Waals surface area contributed by atoms with Crippen LogP contribution in [0.3, 0.4) is 0 Å². The number of nitrogens with zero attached hydrogens (tertiary/aromatic N) is 2. The number of likely N-dealkylation sites (tertiary alicyclic amines) is 1. The van der Waals surface area contributed by atoms with Crippen molar-refractivity contribution in [2.75, 3.05) is 26.2 Å². The van der Waals surface area contributed by atoms with Crippen molar-refractivity contribution in [3.05, 3.63) is 35.9 Å². The van der Waals surface area contributed by atoms with Crippen LogP contribution in [0.15, 0.2) is 30.3 Å². The summed E-state index contributed by atoms with van der Waals surface area (Å²) < 4.78 is 5.36. The van der Waals surface area contributed by atoms with E-state index in [0.29, 0.717) is 19.7 Å². The maximum Gasteiger partial charge on any atom is 0.410 e. The van der Waals surface area contributed by atoms with Gasteiger partial charge in [0.05, 0.1) is 0 Å². The molecular weight excluding hydrogens is 294 g/mol. The summed E-state index contributed by atoms with van der Waals surface area (Å²) in [6.45, 7) is 3.16. The minimum absolute atomic E-state index is 0.0290. The summed E-state index contributed by atoms with van der Waals surface area (Å²) >= 11 is 0. The monoisotopic (exact) mass is 317 g/mol.